The van der Waals surface area contributed by atoms with Gasteiger partial charge in [0.05, 0.1) is 18.7 Å². The third-order valence-corrected chi connectivity index (χ3v) is 3.25. The average Bonchev–Trinajstić information content (AvgIpc) is 2.99. The maximum absolute atomic E-state index is 11.6. The molecule has 1 fully saturated rings. The van der Waals surface area contributed by atoms with Crippen LogP contribution in [0, 0.1) is 5.92 Å². The molecule has 104 valence electrons. The van der Waals surface area contributed by atoms with Gasteiger partial charge in [0, 0.05) is 18.8 Å². The first-order valence-corrected chi connectivity index (χ1v) is 6.28. The Morgan fingerprint density at radius 1 is 1.42 bits per heavy atom. The van der Waals surface area contributed by atoms with Crippen molar-refractivity contribution < 1.29 is 14.7 Å². The number of rotatable bonds is 5. The summed E-state index contributed by atoms with van der Waals surface area (Å²) in [4.78, 5) is 22.6. The van der Waals surface area contributed by atoms with E-state index in [2.05, 4.69) is 20.9 Å². The Kier molecular flexibility index (Phi) is 4.32. The second kappa shape index (κ2) is 6.17. The Labute approximate surface area is 110 Å². The van der Waals surface area contributed by atoms with Gasteiger partial charge < -0.3 is 15.7 Å². The summed E-state index contributed by atoms with van der Waals surface area (Å²) in [6.45, 7) is 0.945. The number of hydrogen-bond acceptors (Lipinski definition) is 4. The van der Waals surface area contributed by atoms with Gasteiger partial charge in [-0.15, -0.1) is 5.10 Å². The van der Waals surface area contributed by atoms with Gasteiger partial charge >= 0.3 is 12.0 Å². The largest absolute Gasteiger partial charge is 0.481 e. The second-order valence-corrected chi connectivity index (χ2v) is 4.55. The first-order chi connectivity index (χ1) is 9.16. The lowest BCUT2D eigenvalue weighted by molar-refractivity contribution is -0.142. The highest BCUT2D eigenvalue weighted by atomic mass is 16.4. The summed E-state index contributed by atoms with van der Waals surface area (Å²) in [6, 6.07) is -0.609. The lowest BCUT2D eigenvalue weighted by Crippen LogP contribution is -2.46. The number of carboxylic acids is 1. The van der Waals surface area contributed by atoms with E-state index in [1.165, 1.54) is 0 Å². The smallest absolute Gasteiger partial charge is 0.315 e. The molecule has 1 aliphatic carbocycles. The summed E-state index contributed by atoms with van der Waals surface area (Å²) < 4.78 is 1.61. The van der Waals surface area contributed by atoms with Crippen LogP contribution in [-0.4, -0.2) is 44.7 Å². The van der Waals surface area contributed by atoms with E-state index in [9.17, 15) is 9.59 Å². The zero-order chi connectivity index (χ0) is 13.7. The molecule has 8 nitrogen and oxygen atoms in total. The van der Waals surface area contributed by atoms with Gasteiger partial charge in [-0.25, -0.2) is 4.79 Å². The van der Waals surface area contributed by atoms with Crippen LogP contribution < -0.4 is 10.6 Å². The molecule has 1 aliphatic rings. The van der Waals surface area contributed by atoms with E-state index in [4.69, 9.17) is 5.11 Å². The second-order valence-electron chi connectivity index (χ2n) is 4.55. The predicted molar refractivity (Wildman–Crippen MR) is 65.3 cm³/mol. The van der Waals surface area contributed by atoms with Gasteiger partial charge in [-0.1, -0.05) is 11.6 Å². The Balaban J connectivity index is 1.70. The molecule has 0 saturated heterocycles. The molecule has 1 aromatic rings. The van der Waals surface area contributed by atoms with Crippen LogP contribution in [0.5, 0.6) is 0 Å². The van der Waals surface area contributed by atoms with E-state index in [0.717, 1.165) is 6.42 Å². The van der Waals surface area contributed by atoms with Gasteiger partial charge in [0.15, 0.2) is 0 Å². The van der Waals surface area contributed by atoms with Gasteiger partial charge in [0.2, 0.25) is 0 Å². The molecule has 1 heterocycles. The van der Waals surface area contributed by atoms with Crippen LogP contribution >= 0.6 is 0 Å². The molecule has 2 unspecified atom stereocenters. The van der Waals surface area contributed by atoms with Crippen LogP contribution in [0.1, 0.15) is 19.3 Å². The molecule has 1 aromatic heterocycles. The SMILES string of the molecule is O=C(NCCn1ccnn1)NC1CCCC1C(=O)O. The van der Waals surface area contributed by atoms with Crippen molar-refractivity contribution in [2.45, 2.75) is 31.8 Å². The van der Waals surface area contributed by atoms with Gasteiger partial charge in [0.25, 0.3) is 0 Å². The molecular formula is C11H17N5O3. The molecule has 2 atom stereocenters. The minimum atomic E-state index is -0.842. The fourth-order valence-corrected chi connectivity index (χ4v) is 2.28. The van der Waals surface area contributed by atoms with Gasteiger partial charge in [-0.2, -0.15) is 0 Å². The summed E-state index contributed by atoms with van der Waals surface area (Å²) in [7, 11) is 0. The normalized spacial score (nSPS) is 22.1. The molecule has 3 N–H and O–H groups in total. The standard InChI is InChI=1S/C11H17N5O3/c17-10(18)8-2-1-3-9(8)14-11(19)12-4-6-16-7-5-13-15-16/h5,7-9H,1-4,6H2,(H,17,18)(H2,12,14,19). The minimum Gasteiger partial charge on any atom is -0.481 e. The summed E-state index contributed by atoms with van der Waals surface area (Å²) in [5.74, 6) is -1.31. The average molecular weight is 267 g/mol. The maximum Gasteiger partial charge on any atom is 0.315 e. The molecule has 0 bridgehead atoms. The van der Waals surface area contributed by atoms with E-state index in [-0.39, 0.29) is 12.1 Å². The van der Waals surface area contributed by atoms with Crippen LogP contribution in [0.2, 0.25) is 0 Å². The quantitative estimate of drug-likeness (QED) is 0.686. The van der Waals surface area contributed by atoms with Crippen molar-refractivity contribution in [2.75, 3.05) is 6.54 Å². The highest BCUT2D eigenvalue weighted by Crippen LogP contribution is 2.25. The summed E-state index contributed by atoms with van der Waals surface area (Å²) >= 11 is 0. The van der Waals surface area contributed by atoms with Crippen molar-refractivity contribution in [3.63, 3.8) is 0 Å². The molecule has 0 radical (unpaired) electrons. The number of amides is 2. The number of urea groups is 1. The van der Waals surface area contributed by atoms with Crippen LogP contribution in [-0.2, 0) is 11.3 Å². The third-order valence-electron chi connectivity index (χ3n) is 3.25. The van der Waals surface area contributed by atoms with E-state index in [1.54, 1.807) is 17.1 Å². The Morgan fingerprint density at radius 3 is 2.95 bits per heavy atom. The number of hydrogen-bond donors (Lipinski definition) is 3. The summed E-state index contributed by atoms with van der Waals surface area (Å²) in [5.41, 5.74) is 0. The molecule has 0 aliphatic heterocycles. The minimum absolute atomic E-state index is 0.274. The number of nitrogens with one attached hydrogen (secondary N) is 2. The Bertz CT molecular complexity index is 434. The van der Waals surface area contributed by atoms with Crippen molar-refractivity contribution in [3.05, 3.63) is 12.4 Å². The van der Waals surface area contributed by atoms with Crippen molar-refractivity contribution >= 4 is 12.0 Å². The van der Waals surface area contributed by atoms with Crippen LogP contribution in [0.3, 0.4) is 0 Å². The number of carboxylic acid groups (broad SMARTS) is 1. The lowest BCUT2D eigenvalue weighted by Gasteiger charge is -2.17. The van der Waals surface area contributed by atoms with E-state index >= 15 is 0 Å². The van der Waals surface area contributed by atoms with Gasteiger partial charge in [0.1, 0.15) is 0 Å². The number of carbonyl (C=O) groups excluding carboxylic acids is 1. The Hall–Kier alpha value is -2.12. The Morgan fingerprint density at radius 2 is 2.26 bits per heavy atom. The van der Waals surface area contributed by atoms with Crippen molar-refractivity contribution in [1.82, 2.24) is 25.6 Å². The molecule has 2 amide bonds. The summed E-state index contributed by atoms with van der Waals surface area (Å²) in [5, 5.41) is 21.8. The molecular weight excluding hydrogens is 250 g/mol. The van der Waals surface area contributed by atoms with E-state index < -0.39 is 11.9 Å². The first-order valence-electron chi connectivity index (χ1n) is 6.28. The highest BCUT2D eigenvalue weighted by Gasteiger charge is 2.33. The van der Waals surface area contributed by atoms with Crippen LogP contribution in [0.15, 0.2) is 12.4 Å². The van der Waals surface area contributed by atoms with Crippen LogP contribution in [0.4, 0.5) is 4.79 Å². The van der Waals surface area contributed by atoms with Gasteiger partial charge in [-0.05, 0) is 12.8 Å². The monoisotopic (exact) mass is 267 g/mol. The highest BCUT2D eigenvalue weighted by molar-refractivity contribution is 5.76. The molecule has 19 heavy (non-hydrogen) atoms. The van der Waals surface area contributed by atoms with Gasteiger partial charge in [-0.3, -0.25) is 9.48 Å². The van der Waals surface area contributed by atoms with Crippen molar-refractivity contribution in [2.24, 2.45) is 5.92 Å². The van der Waals surface area contributed by atoms with Crippen molar-refractivity contribution in [1.29, 1.82) is 0 Å². The van der Waals surface area contributed by atoms with Crippen LogP contribution in [0.25, 0.3) is 0 Å². The molecule has 0 spiro atoms. The third kappa shape index (κ3) is 3.67. The van der Waals surface area contributed by atoms with Crippen molar-refractivity contribution in [3.8, 4) is 0 Å². The zero-order valence-electron chi connectivity index (χ0n) is 10.5. The van der Waals surface area contributed by atoms with E-state index in [0.29, 0.717) is 25.9 Å². The molecule has 1 saturated carbocycles. The first kappa shape index (κ1) is 13.3. The number of aromatic nitrogens is 3. The van der Waals surface area contributed by atoms with E-state index in [1.807, 2.05) is 0 Å². The maximum atomic E-state index is 11.6. The summed E-state index contributed by atoms with van der Waals surface area (Å²) in [6.07, 6.45) is 5.45. The lowest BCUT2D eigenvalue weighted by atomic mass is 10.0. The molecule has 0 aromatic carbocycles. The molecule has 8 heteroatoms. The predicted octanol–water partition coefficient (Wildman–Crippen LogP) is -0.169. The molecule has 2 rings (SSSR count). The fraction of sp³-hybridized carbons (Fsp3) is 0.636. The number of nitrogens with zero attached hydrogens (tertiary/aromatic N) is 3. The number of carbonyl (C=O) groups is 2. The topological polar surface area (TPSA) is 109 Å². The zero-order valence-corrected chi connectivity index (χ0v) is 10.5. The number of aliphatic carboxylic acids is 1. The fourth-order valence-electron chi connectivity index (χ4n) is 2.28.